The molecule has 0 spiro atoms. The fourth-order valence-corrected chi connectivity index (χ4v) is 2.16. The molecule has 0 bridgehead atoms. The third-order valence-electron chi connectivity index (χ3n) is 3.38. The molecule has 0 fully saturated rings. The predicted molar refractivity (Wildman–Crippen MR) is 76.1 cm³/mol. The number of carbonyl (C=O) groups excluding carboxylic acids is 1. The van der Waals surface area contributed by atoms with Crippen LogP contribution >= 0.6 is 0 Å². The lowest BCUT2D eigenvalue weighted by Crippen LogP contribution is -2.39. The zero-order valence-electron chi connectivity index (χ0n) is 11.3. The Morgan fingerprint density at radius 2 is 2.16 bits per heavy atom. The average Bonchev–Trinajstić information content (AvgIpc) is 2.85. The molecule has 0 radical (unpaired) electrons. The van der Waals surface area contributed by atoms with Crippen molar-refractivity contribution >= 4 is 16.8 Å². The van der Waals surface area contributed by atoms with Crippen LogP contribution in [-0.2, 0) is 0 Å². The first-order valence-electron chi connectivity index (χ1n) is 6.60. The van der Waals surface area contributed by atoms with Crippen molar-refractivity contribution < 1.29 is 9.90 Å². The number of fused-ring (bicyclic) bond motifs is 1. The van der Waals surface area contributed by atoms with E-state index in [-0.39, 0.29) is 18.6 Å². The van der Waals surface area contributed by atoms with E-state index in [0.717, 1.165) is 10.9 Å². The molecule has 2 rings (SSSR count). The normalized spacial score (nSPS) is 12.8. The molecule has 1 unspecified atom stereocenters. The Labute approximate surface area is 112 Å². The summed E-state index contributed by atoms with van der Waals surface area (Å²) in [5.74, 6) is 0.210. The van der Waals surface area contributed by atoms with Crippen molar-refractivity contribution in [3.63, 3.8) is 0 Å². The summed E-state index contributed by atoms with van der Waals surface area (Å²) in [6.45, 7) is 4.16. The highest BCUT2D eigenvalue weighted by molar-refractivity contribution is 5.98. The maximum Gasteiger partial charge on any atom is 0.251 e. The Hall–Kier alpha value is -1.81. The molecule has 2 aromatic rings. The molecule has 1 heterocycles. The molecule has 19 heavy (non-hydrogen) atoms. The van der Waals surface area contributed by atoms with Crippen LogP contribution in [0.25, 0.3) is 10.9 Å². The predicted octanol–water partition coefficient (Wildman–Crippen LogP) is 2.30. The van der Waals surface area contributed by atoms with Crippen LogP contribution in [0.4, 0.5) is 0 Å². The fourth-order valence-electron chi connectivity index (χ4n) is 2.16. The van der Waals surface area contributed by atoms with E-state index in [2.05, 4.69) is 10.3 Å². The maximum atomic E-state index is 12.2. The number of H-pyrrole nitrogens is 1. The summed E-state index contributed by atoms with van der Waals surface area (Å²) >= 11 is 0. The Kier molecular flexibility index (Phi) is 4.22. The van der Waals surface area contributed by atoms with E-state index in [9.17, 15) is 4.79 Å². The molecular formula is C15H20N2O2. The van der Waals surface area contributed by atoms with Gasteiger partial charge in [0, 0.05) is 35.3 Å². The number of nitrogens with one attached hydrogen (secondary N) is 2. The van der Waals surface area contributed by atoms with Crippen LogP contribution in [0.5, 0.6) is 0 Å². The van der Waals surface area contributed by atoms with Gasteiger partial charge in [-0.3, -0.25) is 4.79 Å². The van der Waals surface area contributed by atoms with Gasteiger partial charge in [-0.15, -0.1) is 0 Å². The highest BCUT2D eigenvalue weighted by atomic mass is 16.3. The first-order valence-corrected chi connectivity index (χ1v) is 6.60. The molecule has 1 aromatic heterocycles. The number of rotatable bonds is 5. The molecule has 4 heteroatoms. The number of aromatic nitrogens is 1. The van der Waals surface area contributed by atoms with Crippen LogP contribution in [0.3, 0.4) is 0 Å². The molecule has 4 nitrogen and oxygen atoms in total. The molecular weight excluding hydrogens is 240 g/mol. The summed E-state index contributed by atoms with van der Waals surface area (Å²) in [7, 11) is 0. The van der Waals surface area contributed by atoms with Gasteiger partial charge in [0.1, 0.15) is 0 Å². The lowest BCUT2D eigenvalue weighted by Gasteiger charge is -2.21. The minimum atomic E-state index is -0.0877. The van der Waals surface area contributed by atoms with Crippen molar-refractivity contribution in [3.05, 3.63) is 36.0 Å². The van der Waals surface area contributed by atoms with Crippen molar-refractivity contribution in [1.29, 1.82) is 0 Å². The lowest BCUT2D eigenvalue weighted by atomic mass is 10.0. The van der Waals surface area contributed by atoms with Crippen molar-refractivity contribution in [2.45, 2.75) is 26.3 Å². The number of carbonyl (C=O) groups is 1. The Balaban J connectivity index is 2.13. The van der Waals surface area contributed by atoms with Crippen LogP contribution in [0.1, 0.15) is 30.6 Å². The topological polar surface area (TPSA) is 65.1 Å². The smallest absolute Gasteiger partial charge is 0.251 e. The fraction of sp³-hybridized carbons (Fsp3) is 0.400. The standard InChI is InChI=1S/C15H20N2O2/c1-10(2)13(6-8-18)17-15(19)12-3-4-14-11(9-12)5-7-16-14/h3-5,7,9-10,13,16,18H,6,8H2,1-2H3,(H,17,19). The van der Waals surface area contributed by atoms with Gasteiger partial charge in [-0.05, 0) is 36.6 Å². The van der Waals surface area contributed by atoms with Crippen LogP contribution in [0, 0.1) is 5.92 Å². The van der Waals surface area contributed by atoms with E-state index in [1.54, 1.807) is 0 Å². The zero-order chi connectivity index (χ0) is 13.8. The summed E-state index contributed by atoms with van der Waals surface area (Å²) < 4.78 is 0. The van der Waals surface area contributed by atoms with E-state index in [0.29, 0.717) is 17.9 Å². The summed E-state index contributed by atoms with van der Waals surface area (Å²) in [5, 5.41) is 13.0. The van der Waals surface area contributed by atoms with E-state index in [1.807, 2.05) is 44.3 Å². The average molecular weight is 260 g/mol. The third-order valence-corrected chi connectivity index (χ3v) is 3.38. The molecule has 1 atom stereocenters. The van der Waals surface area contributed by atoms with Gasteiger partial charge >= 0.3 is 0 Å². The summed E-state index contributed by atoms with van der Waals surface area (Å²) in [6, 6.07) is 7.53. The van der Waals surface area contributed by atoms with Gasteiger partial charge in [-0.1, -0.05) is 13.8 Å². The van der Waals surface area contributed by atoms with Gasteiger partial charge in [0.25, 0.3) is 5.91 Å². The van der Waals surface area contributed by atoms with Crippen LogP contribution in [-0.4, -0.2) is 28.6 Å². The van der Waals surface area contributed by atoms with Gasteiger partial charge in [0.15, 0.2) is 0 Å². The van der Waals surface area contributed by atoms with Crippen molar-refractivity contribution in [1.82, 2.24) is 10.3 Å². The highest BCUT2D eigenvalue weighted by Crippen LogP contribution is 2.15. The van der Waals surface area contributed by atoms with Gasteiger partial charge < -0.3 is 15.4 Å². The van der Waals surface area contributed by atoms with Crippen LogP contribution in [0.2, 0.25) is 0 Å². The van der Waals surface area contributed by atoms with E-state index >= 15 is 0 Å². The van der Waals surface area contributed by atoms with E-state index < -0.39 is 0 Å². The molecule has 0 aliphatic heterocycles. The second-order valence-corrected chi connectivity index (χ2v) is 5.12. The molecule has 1 amide bonds. The summed E-state index contributed by atoms with van der Waals surface area (Å²) in [4.78, 5) is 15.3. The minimum Gasteiger partial charge on any atom is -0.396 e. The lowest BCUT2D eigenvalue weighted by molar-refractivity contribution is 0.0917. The summed E-state index contributed by atoms with van der Waals surface area (Å²) in [5.41, 5.74) is 1.67. The molecule has 1 aromatic carbocycles. The largest absolute Gasteiger partial charge is 0.396 e. The second-order valence-electron chi connectivity index (χ2n) is 5.12. The highest BCUT2D eigenvalue weighted by Gasteiger charge is 2.16. The number of amides is 1. The molecule has 0 aliphatic rings. The van der Waals surface area contributed by atoms with Crippen LogP contribution in [0.15, 0.2) is 30.5 Å². The number of aliphatic hydroxyl groups excluding tert-OH is 1. The van der Waals surface area contributed by atoms with Gasteiger partial charge in [0.05, 0.1) is 0 Å². The second kappa shape index (κ2) is 5.89. The number of aliphatic hydroxyl groups is 1. The molecule has 0 saturated heterocycles. The third kappa shape index (κ3) is 3.15. The number of hydrogen-bond donors (Lipinski definition) is 3. The summed E-state index contributed by atoms with van der Waals surface area (Å²) in [6.07, 6.45) is 2.44. The SMILES string of the molecule is CC(C)C(CCO)NC(=O)c1ccc2[nH]ccc2c1. The first-order chi connectivity index (χ1) is 9.11. The monoisotopic (exact) mass is 260 g/mol. The quantitative estimate of drug-likeness (QED) is 0.772. The molecule has 3 N–H and O–H groups in total. The van der Waals surface area contributed by atoms with Gasteiger partial charge in [0.2, 0.25) is 0 Å². The molecule has 0 saturated carbocycles. The Bertz CT molecular complexity index is 560. The van der Waals surface area contributed by atoms with Crippen molar-refractivity contribution in [2.75, 3.05) is 6.61 Å². The Morgan fingerprint density at radius 1 is 1.37 bits per heavy atom. The number of aromatic amines is 1. The van der Waals surface area contributed by atoms with Crippen molar-refractivity contribution in [3.8, 4) is 0 Å². The zero-order valence-corrected chi connectivity index (χ0v) is 11.3. The van der Waals surface area contributed by atoms with E-state index in [1.165, 1.54) is 0 Å². The van der Waals surface area contributed by atoms with Crippen LogP contribution < -0.4 is 5.32 Å². The Morgan fingerprint density at radius 3 is 2.84 bits per heavy atom. The number of benzene rings is 1. The number of hydrogen-bond acceptors (Lipinski definition) is 2. The molecule has 0 aliphatic carbocycles. The minimum absolute atomic E-state index is 0.000535. The first kappa shape index (κ1) is 13.6. The van der Waals surface area contributed by atoms with E-state index in [4.69, 9.17) is 5.11 Å². The van der Waals surface area contributed by atoms with Crippen molar-refractivity contribution in [2.24, 2.45) is 5.92 Å². The maximum absolute atomic E-state index is 12.2. The van der Waals surface area contributed by atoms with Gasteiger partial charge in [-0.25, -0.2) is 0 Å². The molecule has 102 valence electrons. The van der Waals surface area contributed by atoms with Gasteiger partial charge in [-0.2, -0.15) is 0 Å².